The van der Waals surface area contributed by atoms with Gasteiger partial charge in [-0.05, 0) is 12.1 Å². The van der Waals surface area contributed by atoms with Crippen LogP contribution in [-0.2, 0) is 14.8 Å². The minimum atomic E-state index is -3.55. The van der Waals surface area contributed by atoms with Crippen LogP contribution < -0.4 is 4.72 Å². The smallest absolute Gasteiger partial charge is 0.261 e. The zero-order chi connectivity index (χ0) is 15.5. The summed E-state index contributed by atoms with van der Waals surface area (Å²) < 4.78 is 30.5. The van der Waals surface area contributed by atoms with E-state index in [-0.39, 0.29) is 25.4 Å². The van der Waals surface area contributed by atoms with Crippen molar-refractivity contribution < 1.29 is 22.7 Å². The molecule has 0 bridgehead atoms. The quantitative estimate of drug-likeness (QED) is 0.558. The SMILES string of the molecule is COCCNS(=O)(=O)CCN1C(=O)c2ccccc2C1=O. The molecule has 1 aromatic carbocycles. The van der Waals surface area contributed by atoms with Gasteiger partial charge in [-0.3, -0.25) is 14.5 Å². The molecule has 0 radical (unpaired) electrons. The van der Waals surface area contributed by atoms with Gasteiger partial charge in [-0.15, -0.1) is 0 Å². The predicted molar refractivity (Wildman–Crippen MR) is 75.5 cm³/mol. The molecule has 0 saturated carbocycles. The van der Waals surface area contributed by atoms with E-state index in [4.69, 9.17) is 4.74 Å². The largest absolute Gasteiger partial charge is 0.383 e. The van der Waals surface area contributed by atoms with Gasteiger partial charge in [0.1, 0.15) is 0 Å². The summed E-state index contributed by atoms with van der Waals surface area (Å²) in [5, 5.41) is 0. The van der Waals surface area contributed by atoms with Crippen molar-refractivity contribution in [1.29, 1.82) is 0 Å². The first-order valence-corrected chi connectivity index (χ1v) is 8.03. The molecule has 2 amide bonds. The predicted octanol–water partition coefficient (Wildman–Crippen LogP) is -0.152. The molecule has 114 valence electrons. The van der Waals surface area contributed by atoms with Crippen LogP contribution in [0.15, 0.2) is 24.3 Å². The molecule has 1 aliphatic heterocycles. The van der Waals surface area contributed by atoms with Crippen LogP contribution in [0.5, 0.6) is 0 Å². The lowest BCUT2D eigenvalue weighted by Crippen LogP contribution is -2.38. The third kappa shape index (κ3) is 3.46. The number of imide groups is 1. The standard InChI is InChI=1S/C13H16N2O5S/c1-20-8-6-14-21(18,19)9-7-15-12(16)10-4-2-3-5-11(10)13(15)17/h2-5,14H,6-9H2,1H3. The lowest BCUT2D eigenvalue weighted by atomic mass is 10.1. The first-order chi connectivity index (χ1) is 9.96. The average Bonchev–Trinajstić information content (AvgIpc) is 2.70. The number of hydrogen-bond acceptors (Lipinski definition) is 5. The van der Waals surface area contributed by atoms with Gasteiger partial charge in [0.25, 0.3) is 11.8 Å². The van der Waals surface area contributed by atoms with Crippen molar-refractivity contribution in [1.82, 2.24) is 9.62 Å². The van der Waals surface area contributed by atoms with Crippen LogP contribution in [0.25, 0.3) is 0 Å². The Labute approximate surface area is 122 Å². The fraction of sp³-hybridized carbons (Fsp3) is 0.385. The third-order valence-corrected chi connectivity index (χ3v) is 4.45. The summed E-state index contributed by atoms with van der Waals surface area (Å²) >= 11 is 0. The fourth-order valence-electron chi connectivity index (χ4n) is 2.03. The van der Waals surface area contributed by atoms with Crippen LogP contribution in [0.2, 0.25) is 0 Å². The van der Waals surface area contributed by atoms with E-state index in [2.05, 4.69) is 4.72 Å². The number of nitrogens with zero attached hydrogens (tertiary/aromatic N) is 1. The molecule has 0 spiro atoms. The lowest BCUT2D eigenvalue weighted by molar-refractivity contribution is 0.0664. The highest BCUT2D eigenvalue weighted by Gasteiger charge is 2.35. The van der Waals surface area contributed by atoms with Gasteiger partial charge >= 0.3 is 0 Å². The number of sulfonamides is 1. The summed E-state index contributed by atoms with van der Waals surface area (Å²) in [5.74, 6) is -1.24. The van der Waals surface area contributed by atoms with Crippen LogP contribution in [-0.4, -0.2) is 57.7 Å². The highest BCUT2D eigenvalue weighted by molar-refractivity contribution is 7.89. The number of amides is 2. The molecule has 1 heterocycles. The van der Waals surface area contributed by atoms with E-state index in [1.807, 2.05) is 0 Å². The number of rotatable bonds is 7. The second-order valence-corrected chi connectivity index (χ2v) is 6.44. The van der Waals surface area contributed by atoms with Gasteiger partial charge in [-0.25, -0.2) is 13.1 Å². The van der Waals surface area contributed by atoms with Gasteiger partial charge in [0.05, 0.1) is 23.5 Å². The zero-order valence-corrected chi connectivity index (χ0v) is 12.4. The molecule has 21 heavy (non-hydrogen) atoms. The first-order valence-electron chi connectivity index (χ1n) is 6.38. The van der Waals surface area contributed by atoms with E-state index in [0.717, 1.165) is 4.90 Å². The number of carbonyl (C=O) groups excluding carboxylic acids is 2. The summed E-state index contributed by atoms with van der Waals surface area (Å²) in [5.41, 5.74) is 0.625. The van der Waals surface area contributed by atoms with E-state index in [9.17, 15) is 18.0 Å². The maximum atomic E-state index is 12.1. The van der Waals surface area contributed by atoms with Crippen molar-refractivity contribution in [2.45, 2.75) is 0 Å². The molecule has 1 aromatic rings. The molecule has 1 N–H and O–H groups in total. The molecule has 2 rings (SSSR count). The van der Waals surface area contributed by atoms with E-state index in [1.165, 1.54) is 7.11 Å². The number of hydrogen-bond donors (Lipinski definition) is 1. The summed E-state index contributed by atoms with van der Waals surface area (Å²) in [6, 6.07) is 6.44. The molecule has 8 heteroatoms. The van der Waals surface area contributed by atoms with Gasteiger partial charge in [0, 0.05) is 20.2 Å². The molecular weight excluding hydrogens is 296 g/mol. The Bertz CT molecular complexity index is 621. The third-order valence-electron chi connectivity index (χ3n) is 3.09. The summed E-state index contributed by atoms with van der Waals surface area (Å²) in [6.07, 6.45) is 0. The van der Waals surface area contributed by atoms with Crippen molar-refractivity contribution in [3.63, 3.8) is 0 Å². The molecule has 0 aromatic heterocycles. The Balaban J connectivity index is 1.99. The van der Waals surface area contributed by atoms with Gasteiger partial charge in [-0.1, -0.05) is 12.1 Å². The Kier molecular flexibility index (Phi) is 4.71. The molecular formula is C13H16N2O5S. The molecule has 0 aliphatic carbocycles. The van der Waals surface area contributed by atoms with Crippen LogP contribution in [0.3, 0.4) is 0 Å². The Morgan fingerprint density at radius 3 is 2.24 bits per heavy atom. The normalized spacial score (nSPS) is 14.6. The van der Waals surface area contributed by atoms with Gasteiger partial charge in [0.15, 0.2) is 0 Å². The van der Waals surface area contributed by atoms with E-state index in [1.54, 1.807) is 24.3 Å². The number of nitrogens with one attached hydrogen (secondary N) is 1. The van der Waals surface area contributed by atoms with Gasteiger partial charge in [-0.2, -0.15) is 0 Å². The van der Waals surface area contributed by atoms with Crippen LogP contribution in [0.1, 0.15) is 20.7 Å². The summed E-state index contributed by atoms with van der Waals surface area (Å²) in [7, 11) is -2.09. The molecule has 0 saturated heterocycles. The van der Waals surface area contributed by atoms with Gasteiger partial charge in [0.2, 0.25) is 10.0 Å². The van der Waals surface area contributed by atoms with Gasteiger partial charge < -0.3 is 4.74 Å². The number of ether oxygens (including phenoxy) is 1. The Hall–Kier alpha value is -1.77. The van der Waals surface area contributed by atoms with E-state index < -0.39 is 21.8 Å². The van der Waals surface area contributed by atoms with Crippen molar-refractivity contribution in [3.05, 3.63) is 35.4 Å². The molecule has 0 unspecified atom stereocenters. The van der Waals surface area contributed by atoms with Crippen LogP contribution >= 0.6 is 0 Å². The second-order valence-electron chi connectivity index (χ2n) is 4.51. The first kappa shape index (κ1) is 15.6. The molecule has 0 atom stereocenters. The second kappa shape index (κ2) is 6.33. The van der Waals surface area contributed by atoms with Crippen molar-refractivity contribution in [3.8, 4) is 0 Å². The Morgan fingerprint density at radius 1 is 1.14 bits per heavy atom. The van der Waals surface area contributed by atoms with Crippen molar-refractivity contribution >= 4 is 21.8 Å². The minimum Gasteiger partial charge on any atom is -0.383 e. The number of fused-ring (bicyclic) bond motifs is 1. The van der Waals surface area contributed by atoms with E-state index >= 15 is 0 Å². The van der Waals surface area contributed by atoms with Crippen molar-refractivity contribution in [2.75, 3.05) is 32.6 Å². The number of carbonyl (C=O) groups is 2. The highest BCUT2D eigenvalue weighted by Crippen LogP contribution is 2.21. The molecule has 7 nitrogen and oxygen atoms in total. The van der Waals surface area contributed by atoms with E-state index in [0.29, 0.717) is 11.1 Å². The summed E-state index contributed by atoms with van der Waals surface area (Å²) in [4.78, 5) is 25.1. The molecule has 0 fully saturated rings. The number of benzene rings is 1. The average molecular weight is 312 g/mol. The monoisotopic (exact) mass is 312 g/mol. The zero-order valence-electron chi connectivity index (χ0n) is 11.5. The van der Waals surface area contributed by atoms with Crippen LogP contribution in [0.4, 0.5) is 0 Å². The Morgan fingerprint density at radius 2 is 1.71 bits per heavy atom. The van der Waals surface area contributed by atoms with Crippen LogP contribution in [0, 0.1) is 0 Å². The van der Waals surface area contributed by atoms with Crippen molar-refractivity contribution in [2.24, 2.45) is 0 Å². The molecule has 1 aliphatic rings. The fourth-order valence-corrected chi connectivity index (χ4v) is 2.99. The lowest BCUT2D eigenvalue weighted by Gasteiger charge is -2.14. The summed E-state index contributed by atoms with van der Waals surface area (Å²) in [6.45, 7) is 0.238. The maximum Gasteiger partial charge on any atom is 0.261 e. The minimum absolute atomic E-state index is 0.154. The topological polar surface area (TPSA) is 92.8 Å². The highest BCUT2D eigenvalue weighted by atomic mass is 32.2. The maximum absolute atomic E-state index is 12.1. The number of methoxy groups -OCH3 is 1.